The molecule has 0 aliphatic rings. The van der Waals surface area contributed by atoms with Crippen molar-refractivity contribution in [2.75, 3.05) is 11.4 Å². The number of nitrogens with one attached hydrogen (secondary N) is 1. The topological polar surface area (TPSA) is 84.4 Å². The zero-order chi connectivity index (χ0) is 20.9. The SMILES string of the molecule is CC(C)NC(=O)CCN(Cc1ccco1)c1nc(-c2ccco2)nc2ccccc12. The predicted octanol–water partition coefficient (Wildman–Crippen LogP) is 4.40. The van der Waals surface area contributed by atoms with Gasteiger partial charge in [-0.3, -0.25) is 4.79 Å². The van der Waals surface area contributed by atoms with Crippen LogP contribution in [-0.2, 0) is 11.3 Å². The second-order valence-corrected chi connectivity index (χ2v) is 7.34. The van der Waals surface area contributed by atoms with Crippen LogP contribution in [-0.4, -0.2) is 28.5 Å². The molecule has 1 amide bonds. The van der Waals surface area contributed by atoms with Crippen molar-refractivity contribution < 1.29 is 13.6 Å². The van der Waals surface area contributed by atoms with Crippen molar-refractivity contribution in [3.8, 4) is 11.6 Å². The lowest BCUT2D eigenvalue weighted by molar-refractivity contribution is -0.121. The number of para-hydroxylation sites is 1. The van der Waals surface area contributed by atoms with E-state index >= 15 is 0 Å². The third-order valence-electron chi connectivity index (χ3n) is 4.61. The van der Waals surface area contributed by atoms with E-state index in [0.717, 1.165) is 22.5 Å². The van der Waals surface area contributed by atoms with Gasteiger partial charge in [-0.25, -0.2) is 9.97 Å². The molecule has 0 saturated carbocycles. The van der Waals surface area contributed by atoms with Crippen LogP contribution in [0.2, 0.25) is 0 Å². The minimum Gasteiger partial charge on any atom is -0.467 e. The van der Waals surface area contributed by atoms with Crippen LogP contribution in [0.25, 0.3) is 22.5 Å². The van der Waals surface area contributed by atoms with E-state index in [2.05, 4.69) is 15.2 Å². The Morgan fingerprint density at radius 1 is 1.03 bits per heavy atom. The zero-order valence-corrected chi connectivity index (χ0v) is 17.0. The number of furan rings is 2. The van der Waals surface area contributed by atoms with E-state index in [-0.39, 0.29) is 11.9 Å². The Hall–Kier alpha value is -3.61. The van der Waals surface area contributed by atoms with Crippen LogP contribution in [0.4, 0.5) is 5.82 Å². The molecule has 0 atom stereocenters. The molecule has 154 valence electrons. The number of hydrogen-bond acceptors (Lipinski definition) is 6. The van der Waals surface area contributed by atoms with Crippen LogP contribution in [0.3, 0.4) is 0 Å². The van der Waals surface area contributed by atoms with Gasteiger partial charge in [-0.1, -0.05) is 12.1 Å². The molecule has 30 heavy (non-hydrogen) atoms. The van der Waals surface area contributed by atoms with Crippen molar-refractivity contribution in [3.63, 3.8) is 0 Å². The van der Waals surface area contributed by atoms with Gasteiger partial charge in [0.15, 0.2) is 11.6 Å². The summed E-state index contributed by atoms with van der Waals surface area (Å²) in [5.74, 6) is 2.63. The van der Waals surface area contributed by atoms with E-state index in [4.69, 9.17) is 13.8 Å². The van der Waals surface area contributed by atoms with Crippen molar-refractivity contribution in [2.24, 2.45) is 0 Å². The van der Waals surface area contributed by atoms with Crippen LogP contribution in [0.15, 0.2) is 69.9 Å². The molecule has 1 aromatic carbocycles. The number of aromatic nitrogens is 2. The van der Waals surface area contributed by atoms with Crippen molar-refractivity contribution in [1.29, 1.82) is 0 Å². The van der Waals surface area contributed by atoms with Crippen molar-refractivity contribution in [2.45, 2.75) is 32.9 Å². The number of carbonyl (C=O) groups is 1. The first-order chi connectivity index (χ1) is 14.6. The number of hydrogen-bond donors (Lipinski definition) is 1. The highest BCUT2D eigenvalue weighted by Crippen LogP contribution is 2.29. The molecule has 0 aliphatic heterocycles. The maximum atomic E-state index is 12.3. The average molecular weight is 404 g/mol. The fourth-order valence-electron chi connectivity index (χ4n) is 3.30. The number of fused-ring (bicyclic) bond motifs is 1. The van der Waals surface area contributed by atoms with Gasteiger partial charge in [0.05, 0.1) is 24.6 Å². The third kappa shape index (κ3) is 4.51. The first kappa shape index (κ1) is 19.7. The smallest absolute Gasteiger partial charge is 0.221 e. The van der Waals surface area contributed by atoms with Crippen molar-refractivity contribution in [3.05, 3.63) is 66.8 Å². The van der Waals surface area contributed by atoms with E-state index in [1.165, 1.54) is 0 Å². The summed E-state index contributed by atoms with van der Waals surface area (Å²) in [6.45, 7) is 4.87. The average Bonchev–Trinajstić information content (AvgIpc) is 3.44. The van der Waals surface area contributed by atoms with Gasteiger partial charge in [0, 0.05) is 24.4 Å². The summed E-state index contributed by atoms with van der Waals surface area (Å²) >= 11 is 0. The maximum Gasteiger partial charge on any atom is 0.221 e. The molecule has 7 nitrogen and oxygen atoms in total. The minimum atomic E-state index is -0.000866. The van der Waals surface area contributed by atoms with Gasteiger partial charge in [-0.15, -0.1) is 0 Å². The van der Waals surface area contributed by atoms with Crippen molar-refractivity contribution >= 4 is 22.6 Å². The largest absolute Gasteiger partial charge is 0.467 e. The molecule has 0 spiro atoms. The van der Waals surface area contributed by atoms with Crippen molar-refractivity contribution in [1.82, 2.24) is 15.3 Å². The lowest BCUT2D eigenvalue weighted by Crippen LogP contribution is -2.34. The Labute approximate surface area is 174 Å². The Morgan fingerprint density at radius 3 is 2.57 bits per heavy atom. The molecule has 3 aromatic heterocycles. The van der Waals surface area contributed by atoms with E-state index in [9.17, 15) is 4.79 Å². The predicted molar refractivity (Wildman–Crippen MR) is 115 cm³/mol. The van der Waals surface area contributed by atoms with E-state index < -0.39 is 0 Å². The summed E-state index contributed by atoms with van der Waals surface area (Å²) in [6.07, 6.45) is 3.59. The van der Waals surface area contributed by atoms with Gasteiger partial charge in [0.25, 0.3) is 0 Å². The molecule has 0 radical (unpaired) electrons. The van der Waals surface area contributed by atoms with Gasteiger partial charge in [-0.2, -0.15) is 0 Å². The molecule has 0 unspecified atom stereocenters. The van der Waals surface area contributed by atoms with Crippen LogP contribution in [0.5, 0.6) is 0 Å². The summed E-state index contributed by atoms with van der Waals surface area (Å²) < 4.78 is 11.1. The van der Waals surface area contributed by atoms with Gasteiger partial charge in [-0.05, 0) is 50.2 Å². The number of anilines is 1. The Kier molecular flexibility index (Phi) is 5.79. The van der Waals surface area contributed by atoms with E-state index in [0.29, 0.717) is 31.1 Å². The highest BCUT2D eigenvalue weighted by molar-refractivity contribution is 5.91. The van der Waals surface area contributed by atoms with Gasteiger partial charge in [0.2, 0.25) is 5.91 Å². The molecule has 1 N–H and O–H groups in total. The fourth-order valence-corrected chi connectivity index (χ4v) is 3.30. The van der Waals surface area contributed by atoms with E-state index in [1.54, 1.807) is 12.5 Å². The number of rotatable bonds is 8. The van der Waals surface area contributed by atoms with Gasteiger partial charge < -0.3 is 19.1 Å². The molecule has 0 bridgehead atoms. The summed E-state index contributed by atoms with van der Waals surface area (Å²) in [7, 11) is 0. The molecule has 3 heterocycles. The highest BCUT2D eigenvalue weighted by Gasteiger charge is 2.19. The quantitative estimate of drug-likeness (QED) is 0.468. The summed E-state index contributed by atoms with van der Waals surface area (Å²) in [6, 6.07) is 15.3. The monoisotopic (exact) mass is 404 g/mol. The molecule has 4 aromatic rings. The second kappa shape index (κ2) is 8.82. The third-order valence-corrected chi connectivity index (χ3v) is 4.61. The molecule has 0 saturated heterocycles. The Bertz CT molecular complexity index is 1100. The molecule has 7 heteroatoms. The highest BCUT2D eigenvalue weighted by atomic mass is 16.3. The minimum absolute atomic E-state index is 0.000866. The number of carbonyl (C=O) groups excluding carboxylic acids is 1. The number of amides is 1. The lowest BCUT2D eigenvalue weighted by Gasteiger charge is -2.24. The van der Waals surface area contributed by atoms with Crippen LogP contribution in [0.1, 0.15) is 26.0 Å². The standard InChI is InChI=1S/C23H24N4O3/c1-16(2)24-21(28)11-12-27(15-17-7-5-13-29-17)23-18-8-3-4-9-19(18)25-22(26-23)20-10-6-14-30-20/h3-10,13-14,16H,11-12,15H2,1-2H3,(H,24,28). The summed E-state index contributed by atoms with van der Waals surface area (Å²) in [5.41, 5.74) is 0.810. The molecule has 0 fully saturated rings. The van der Waals surface area contributed by atoms with Gasteiger partial charge >= 0.3 is 0 Å². The van der Waals surface area contributed by atoms with Crippen LogP contribution < -0.4 is 10.2 Å². The fraction of sp³-hybridized carbons (Fsp3) is 0.261. The molecule has 4 rings (SSSR count). The number of nitrogens with zero attached hydrogens (tertiary/aromatic N) is 3. The molecule has 0 aliphatic carbocycles. The van der Waals surface area contributed by atoms with Crippen LogP contribution in [0, 0.1) is 0 Å². The first-order valence-electron chi connectivity index (χ1n) is 9.97. The maximum absolute atomic E-state index is 12.3. The molecular formula is C23H24N4O3. The van der Waals surface area contributed by atoms with Crippen LogP contribution >= 0.6 is 0 Å². The first-order valence-corrected chi connectivity index (χ1v) is 9.97. The Balaban J connectivity index is 1.73. The van der Waals surface area contributed by atoms with Gasteiger partial charge in [0.1, 0.15) is 11.6 Å². The normalized spacial score (nSPS) is 11.2. The second-order valence-electron chi connectivity index (χ2n) is 7.34. The lowest BCUT2D eigenvalue weighted by atomic mass is 10.2. The summed E-state index contributed by atoms with van der Waals surface area (Å²) in [5, 5.41) is 3.85. The number of benzene rings is 1. The zero-order valence-electron chi connectivity index (χ0n) is 17.0. The molecular weight excluding hydrogens is 380 g/mol. The van der Waals surface area contributed by atoms with E-state index in [1.807, 2.05) is 62.4 Å². The Morgan fingerprint density at radius 2 is 1.83 bits per heavy atom. The summed E-state index contributed by atoms with van der Waals surface area (Å²) in [4.78, 5) is 23.8.